The highest BCUT2D eigenvalue weighted by Gasteiger charge is 2.08. The van der Waals surface area contributed by atoms with Gasteiger partial charge in [0, 0.05) is 5.56 Å². The average molecular weight is 340 g/mol. The fourth-order valence-electron chi connectivity index (χ4n) is 2.22. The largest absolute Gasteiger partial charge is 0.484 e. The van der Waals surface area contributed by atoms with E-state index < -0.39 is 5.91 Å². The smallest absolute Gasteiger partial charge is 0.276 e. The third-order valence-electron chi connectivity index (χ3n) is 4.06. The molecular formula is C20H24N2O3. The molecule has 0 aromatic heterocycles. The summed E-state index contributed by atoms with van der Waals surface area (Å²) in [4.78, 5) is 23.7. The first-order chi connectivity index (χ1) is 12.0. The molecule has 1 atom stereocenters. The molecular weight excluding hydrogens is 316 g/mol. The Morgan fingerprint density at radius 3 is 2.24 bits per heavy atom. The highest BCUT2D eigenvalue weighted by atomic mass is 16.5. The number of hydrazine groups is 1. The summed E-state index contributed by atoms with van der Waals surface area (Å²) in [6, 6.07) is 14.8. The molecule has 2 N–H and O–H groups in total. The molecule has 0 saturated heterocycles. The number of aryl methyl sites for hydroxylation is 1. The normalized spacial score (nSPS) is 11.5. The van der Waals surface area contributed by atoms with Gasteiger partial charge in [-0.1, -0.05) is 43.7 Å². The van der Waals surface area contributed by atoms with Crippen molar-refractivity contribution in [2.24, 2.45) is 0 Å². The number of nitrogens with one attached hydrogen (secondary N) is 2. The summed E-state index contributed by atoms with van der Waals surface area (Å²) in [7, 11) is 0. The molecule has 0 bridgehead atoms. The number of carbonyl (C=O) groups is 2. The summed E-state index contributed by atoms with van der Waals surface area (Å²) in [6.45, 7) is 6.08. The molecule has 25 heavy (non-hydrogen) atoms. The first-order valence-electron chi connectivity index (χ1n) is 8.38. The van der Waals surface area contributed by atoms with Crippen LogP contribution in [0.25, 0.3) is 0 Å². The lowest BCUT2D eigenvalue weighted by Crippen LogP contribution is -2.43. The van der Waals surface area contributed by atoms with Gasteiger partial charge in [-0.25, -0.2) is 0 Å². The van der Waals surface area contributed by atoms with Crippen molar-refractivity contribution in [3.8, 4) is 5.75 Å². The first-order valence-corrected chi connectivity index (χ1v) is 8.38. The summed E-state index contributed by atoms with van der Waals surface area (Å²) in [5, 5.41) is 0. The Bertz CT molecular complexity index is 709. The zero-order valence-corrected chi connectivity index (χ0v) is 14.8. The van der Waals surface area contributed by atoms with E-state index in [4.69, 9.17) is 4.74 Å². The van der Waals surface area contributed by atoms with Crippen LogP contribution in [0, 0.1) is 6.92 Å². The number of carbonyl (C=O) groups excluding carboxylic acids is 2. The van der Waals surface area contributed by atoms with Crippen LogP contribution in [-0.2, 0) is 4.79 Å². The lowest BCUT2D eigenvalue weighted by molar-refractivity contribution is -0.123. The number of rotatable bonds is 6. The summed E-state index contributed by atoms with van der Waals surface area (Å²) in [5.74, 6) is 0.319. The van der Waals surface area contributed by atoms with E-state index in [9.17, 15) is 9.59 Å². The molecule has 1 unspecified atom stereocenters. The predicted octanol–water partition coefficient (Wildman–Crippen LogP) is 3.35. The number of hydrogen-bond acceptors (Lipinski definition) is 3. The van der Waals surface area contributed by atoms with Crippen molar-refractivity contribution in [1.82, 2.24) is 10.9 Å². The van der Waals surface area contributed by atoms with Crippen LogP contribution < -0.4 is 15.6 Å². The van der Waals surface area contributed by atoms with Crippen molar-refractivity contribution in [1.29, 1.82) is 0 Å². The molecule has 132 valence electrons. The van der Waals surface area contributed by atoms with Gasteiger partial charge in [-0.2, -0.15) is 0 Å². The van der Waals surface area contributed by atoms with Gasteiger partial charge >= 0.3 is 0 Å². The van der Waals surface area contributed by atoms with E-state index >= 15 is 0 Å². The second-order valence-electron chi connectivity index (χ2n) is 6.04. The van der Waals surface area contributed by atoms with Gasteiger partial charge in [0.15, 0.2) is 6.61 Å². The molecule has 0 radical (unpaired) electrons. The quantitative estimate of drug-likeness (QED) is 0.793. The standard InChI is InChI=1S/C20H24N2O3/c1-4-15(3)16-9-11-18(12-10-16)25-13-19(23)21-22-20(24)17-7-5-14(2)6-8-17/h5-12,15H,4,13H2,1-3H3,(H,21,23)(H,22,24). The van der Waals surface area contributed by atoms with E-state index in [2.05, 4.69) is 24.7 Å². The lowest BCUT2D eigenvalue weighted by Gasteiger charge is -2.11. The SMILES string of the molecule is CCC(C)c1ccc(OCC(=O)NNC(=O)c2ccc(C)cc2)cc1. The Hall–Kier alpha value is -2.82. The van der Waals surface area contributed by atoms with Crippen LogP contribution in [0.15, 0.2) is 48.5 Å². The molecule has 0 aliphatic rings. The minimum absolute atomic E-state index is 0.170. The van der Waals surface area contributed by atoms with Crippen LogP contribution in [0.1, 0.15) is 47.7 Å². The van der Waals surface area contributed by atoms with Crippen molar-refractivity contribution in [3.63, 3.8) is 0 Å². The monoisotopic (exact) mass is 340 g/mol. The van der Waals surface area contributed by atoms with Crippen LogP contribution in [0.5, 0.6) is 5.75 Å². The Kier molecular flexibility index (Phi) is 6.57. The van der Waals surface area contributed by atoms with E-state index in [1.807, 2.05) is 43.3 Å². The molecule has 5 heteroatoms. The minimum Gasteiger partial charge on any atom is -0.484 e. The second-order valence-corrected chi connectivity index (χ2v) is 6.04. The Morgan fingerprint density at radius 1 is 1.00 bits per heavy atom. The summed E-state index contributed by atoms with van der Waals surface area (Å²) in [6.07, 6.45) is 1.07. The molecule has 0 aliphatic heterocycles. The number of hydrogen-bond donors (Lipinski definition) is 2. The van der Waals surface area contributed by atoms with Gasteiger partial charge in [0.2, 0.25) is 0 Å². The van der Waals surface area contributed by atoms with Gasteiger partial charge in [-0.15, -0.1) is 0 Å². The fourth-order valence-corrected chi connectivity index (χ4v) is 2.22. The maximum atomic E-state index is 11.9. The molecule has 0 heterocycles. The second kappa shape index (κ2) is 8.87. The van der Waals surface area contributed by atoms with Crippen molar-refractivity contribution in [2.45, 2.75) is 33.1 Å². The molecule has 0 saturated carbocycles. The molecule has 5 nitrogen and oxygen atoms in total. The van der Waals surface area contributed by atoms with Gasteiger partial charge in [0.05, 0.1) is 0 Å². The van der Waals surface area contributed by atoms with E-state index in [-0.39, 0.29) is 12.5 Å². The van der Waals surface area contributed by atoms with E-state index in [1.165, 1.54) is 5.56 Å². The van der Waals surface area contributed by atoms with Crippen LogP contribution in [0.3, 0.4) is 0 Å². The first kappa shape index (κ1) is 18.5. The molecule has 2 aromatic carbocycles. The van der Waals surface area contributed by atoms with Gasteiger partial charge in [-0.05, 0) is 49.1 Å². The third kappa shape index (κ3) is 5.64. The number of ether oxygens (including phenoxy) is 1. The molecule has 2 amide bonds. The van der Waals surface area contributed by atoms with Gasteiger partial charge in [0.25, 0.3) is 11.8 Å². The summed E-state index contributed by atoms with van der Waals surface area (Å²) < 4.78 is 5.43. The Balaban J connectivity index is 1.76. The van der Waals surface area contributed by atoms with Crippen molar-refractivity contribution in [2.75, 3.05) is 6.61 Å². The Labute approximate surface area is 148 Å². The van der Waals surface area contributed by atoms with Gasteiger partial charge in [-0.3, -0.25) is 20.4 Å². The molecule has 0 fully saturated rings. The predicted molar refractivity (Wildman–Crippen MR) is 97.4 cm³/mol. The van der Waals surface area contributed by atoms with Gasteiger partial charge < -0.3 is 4.74 Å². The Morgan fingerprint density at radius 2 is 1.64 bits per heavy atom. The van der Waals surface area contributed by atoms with Crippen molar-refractivity contribution >= 4 is 11.8 Å². The maximum Gasteiger partial charge on any atom is 0.276 e. The highest BCUT2D eigenvalue weighted by molar-refractivity contribution is 5.95. The molecule has 2 rings (SSSR count). The highest BCUT2D eigenvalue weighted by Crippen LogP contribution is 2.21. The fraction of sp³-hybridized carbons (Fsp3) is 0.300. The summed E-state index contributed by atoms with van der Waals surface area (Å²) >= 11 is 0. The van der Waals surface area contributed by atoms with Gasteiger partial charge in [0.1, 0.15) is 5.75 Å². The topological polar surface area (TPSA) is 67.4 Å². The van der Waals surface area contributed by atoms with Crippen LogP contribution in [0.2, 0.25) is 0 Å². The molecule has 2 aromatic rings. The molecule has 0 aliphatic carbocycles. The molecule has 0 spiro atoms. The zero-order chi connectivity index (χ0) is 18.2. The van der Waals surface area contributed by atoms with Crippen molar-refractivity contribution < 1.29 is 14.3 Å². The van der Waals surface area contributed by atoms with E-state index in [1.54, 1.807) is 12.1 Å². The van der Waals surface area contributed by atoms with Crippen molar-refractivity contribution in [3.05, 3.63) is 65.2 Å². The van der Waals surface area contributed by atoms with Crippen LogP contribution in [0.4, 0.5) is 0 Å². The maximum absolute atomic E-state index is 11.9. The number of benzene rings is 2. The van der Waals surface area contributed by atoms with E-state index in [0.717, 1.165) is 12.0 Å². The minimum atomic E-state index is -0.425. The van der Waals surface area contributed by atoms with E-state index in [0.29, 0.717) is 17.2 Å². The lowest BCUT2D eigenvalue weighted by atomic mass is 9.99. The number of amides is 2. The zero-order valence-electron chi connectivity index (χ0n) is 14.8. The van der Waals surface area contributed by atoms with Crippen LogP contribution in [-0.4, -0.2) is 18.4 Å². The third-order valence-corrected chi connectivity index (χ3v) is 4.06. The van der Waals surface area contributed by atoms with Crippen LogP contribution >= 0.6 is 0 Å². The summed E-state index contributed by atoms with van der Waals surface area (Å²) in [5.41, 5.74) is 7.49. The average Bonchev–Trinajstić information content (AvgIpc) is 2.64.